The van der Waals surface area contributed by atoms with Crippen molar-refractivity contribution in [1.29, 1.82) is 0 Å². The van der Waals surface area contributed by atoms with Crippen LogP contribution in [0.4, 0.5) is 0 Å². The molecule has 11 aromatic rings. The van der Waals surface area contributed by atoms with Gasteiger partial charge < -0.3 is 10.2 Å². The highest BCUT2D eigenvalue weighted by Gasteiger charge is 2.18. The number of nitrogens with two attached hydrogens (primary N) is 1. The minimum atomic E-state index is 0.380. The van der Waals surface area contributed by atoms with Crippen LogP contribution >= 0.6 is 11.3 Å². The highest BCUT2D eigenvalue weighted by Crippen LogP contribution is 2.40. The SMILES string of the molecule is NC(=NC(=NCc1cccc2oc3ccc(-c4ccc(-c5nc(-c6ccccc6)c6sc7ccccc7c6n5)cc4)cc3c12)c1ccccc1)c1cccc(-c2ccccc2)c1. The number of nitrogens with zero attached hydrogens (tertiary/aromatic N) is 4. The van der Waals surface area contributed by atoms with Crippen LogP contribution in [0.25, 0.3) is 87.1 Å². The second kappa shape index (κ2) is 15.9. The van der Waals surface area contributed by atoms with Crippen molar-refractivity contribution in [3.05, 3.63) is 217 Å². The van der Waals surface area contributed by atoms with Crippen LogP contribution in [-0.2, 0) is 6.54 Å². The van der Waals surface area contributed by atoms with Crippen LogP contribution in [0.3, 0.4) is 0 Å². The monoisotopic (exact) mass is 815 g/mol. The van der Waals surface area contributed by atoms with Gasteiger partial charge in [0, 0.05) is 43.1 Å². The first-order valence-corrected chi connectivity index (χ1v) is 21.3. The summed E-state index contributed by atoms with van der Waals surface area (Å²) in [5.74, 6) is 1.66. The zero-order valence-corrected chi connectivity index (χ0v) is 34.3. The van der Waals surface area contributed by atoms with Gasteiger partial charge in [-0.3, -0.25) is 4.99 Å². The number of furan rings is 1. The molecule has 11 rings (SSSR count). The maximum Gasteiger partial charge on any atom is 0.160 e. The molecule has 2 N–H and O–H groups in total. The van der Waals surface area contributed by atoms with E-state index < -0.39 is 0 Å². The number of fused-ring (bicyclic) bond motifs is 6. The van der Waals surface area contributed by atoms with Gasteiger partial charge in [0.25, 0.3) is 0 Å². The Morgan fingerprint density at radius 3 is 1.95 bits per heavy atom. The molecule has 0 amide bonds. The van der Waals surface area contributed by atoms with Gasteiger partial charge in [-0.15, -0.1) is 11.3 Å². The Labute approximate surface area is 362 Å². The molecular formula is C55H37N5OS. The van der Waals surface area contributed by atoms with E-state index in [1.165, 1.54) is 4.70 Å². The third kappa shape index (κ3) is 7.00. The number of amidine groups is 2. The zero-order chi connectivity index (χ0) is 41.4. The standard InChI is InChI=1S/C55H37N5OS/c56-53(42-21-12-20-40(32-42)35-14-4-1-5-15-35)60-54(38-18-8-3-9-19-38)57-34-43-22-13-24-47-49(43)45-33-41(30-31-46(45)61-47)36-26-28-39(29-27-36)55-58-50(37-16-6-2-7-17-37)52-51(59-55)44-23-10-11-25-48(44)62-52/h1-33H,34H2,(H2,56,57,60). The summed E-state index contributed by atoms with van der Waals surface area (Å²) in [4.78, 5) is 20.4. The molecule has 3 heterocycles. The summed E-state index contributed by atoms with van der Waals surface area (Å²) < 4.78 is 8.72. The maximum absolute atomic E-state index is 6.73. The molecule has 0 saturated carbocycles. The van der Waals surface area contributed by atoms with E-state index in [1.807, 2.05) is 78.9 Å². The average Bonchev–Trinajstić information content (AvgIpc) is 3.92. The fourth-order valence-electron chi connectivity index (χ4n) is 8.14. The minimum Gasteiger partial charge on any atom is -0.456 e. The number of hydrogen-bond acceptors (Lipinski definition) is 5. The summed E-state index contributed by atoms with van der Waals surface area (Å²) in [6.07, 6.45) is 0. The molecule has 0 aliphatic carbocycles. The van der Waals surface area contributed by atoms with Crippen LogP contribution < -0.4 is 5.73 Å². The number of rotatable bonds is 8. The lowest BCUT2D eigenvalue weighted by atomic mass is 10.00. The lowest BCUT2D eigenvalue weighted by Gasteiger charge is -2.09. The molecule has 0 bridgehead atoms. The molecule has 0 aliphatic heterocycles. The fraction of sp³-hybridized carbons (Fsp3) is 0.0182. The molecule has 294 valence electrons. The van der Waals surface area contributed by atoms with E-state index in [4.69, 9.17) is 30.1 Å². The third-order valence-corrected chi connectivity index (χ3v) is 12.4. The lowest BCUT2D eigenvalue weighted by molar-refractivity contribution is 0.668. The summed E-state index contributed by atoms with van der Waals surface area (Å²) >= 11 is 1.74. The van der Waals surface area contributed by atoms with Crippen LogP contribution in [-0.4, -0.2) is 21.6 Å². The Kier molecular flexibility index (Phi) is 9.48. The van der Waals surface area contributed by atoms with E-state index in [0.29, 0.717) is 24.0 Å². The highest BCUT2D eigenvalue weighted by molar-refractivity contribution is 7.26. The highest BCUT2D eigenvalue weighted by atomic mass is 32.1. The van der Waals surface area contributed by atoms with Crippen molar-refractivity contribution in [2.24, 2.45) is 15.7 Å². The third-order valence-electron chi connectivity index (χ3n) is 11.2. The molecular weight excluding hydrogens is 779 g/mol. The molecule has 0 saturated heterocycles. The summed E-state index contributed by atoms with van der Waals surface area (Å²) in [5, 5.41) is 3.20. The van der Waals surface area contributed by atoms with Gasteiger partial charge in [-0.25, -0.2) is 15.0 Å². The van der Waals surface area contributed by atoms with Gasteiger partial charge in [0.1, 0.15) is 17.0 Å². The van der Waals surface area contributed by atoms with Gasteiger partial charge in [0.2, 0.25) is 0 Å². The molecule has 0 spiro atoms. The largest absolute Gasteiger partial charge is 0.456 e. The average molecular weight is 816 g/mol. The molecule has 0 aliphatic rings. The smallest absolute Gasteiger partial charge is 0.160 e. The van der Waals surface area contributed by atoms with E-state index in [1.54, 1.807) is 11.3 Å². The molecule has 0 fully saturated rings. The van der Waals surface area contributed by atoms with Gasteiger partial charge in [-0.05, 0) is 58.1 Å². The number of hydrogen-bond donors (Lipinski definition) is 1. The second-order valence-corrected chi connectivity index (χ2v) is 16.2. The lowest BCUT2D eigenvalue weighted by Crippen LogP contribution is -2.16. The van der Waals surface area contributed by atoms with Gasteiger partial charge in [0.05, 0.1) is 22.5 Å². The Balaban J connectivity index is 0.938. The van der Waals surface area contributed by atoms with E-state index in [9.17, 15) is 0 Å². The molecule has 7 heteroatoms. The molecule has 8 aromatic carbocycles. The van der Waals surface area contributed by atoms with E-state index in [0.717, 1.165) is 93.3 Å². The van der Waals surface area contributed by atoms with Crippen molar-refractivity contribution < 1.29 is 4.42 Å². The summed E-state index contributed by atoms with van der Waals surface area (Å²) in [7, 11) is 0. The molecule has 62 heavy (non-hydrogen) atoms. The molecule has 6 nitrogen and oxygen atoms in total. The number of aromatic nitrogens is 2. The molecule has 0 atom stereocenters. The fourth-order valence-corrected chi connectivity index (χ4v) is 9.29. The van der Waals surface area contributed by atoms with Crippen LogP contribution in [0.15, 0.2) is 215 Å². The molecule has 0 unspecified atom stereocenters. The van der Waals surface area contributed by atoms with Crippen molar-refractivity contribution in [2.45, 2.75) is 6.54 Å². The predicted molar refractivity (Wildman–Crippen MR) is 258 cm³/mol. The van der Waals surface area contributed by atoms with E-state index >= 15 is 0 Å². The zero-order valence-electron chi connectivity index (χ0n) is 33.4. The minimum absolute atomic E-state index is 0.380. The van der Waals surface area contributed by atoms with Crippen LogP contribution in [0.1, 0.15) is 16.7 Å². The van der Waals surface area contributed by atoms with Gasteiger partial charge in [0.15, 0.2) is 11.7 Å². The Bertz CT molecular complexity index is 3480. The first kappa shape index (κ1) is 37.0. The van der Waals surface area contributed by atoms with Crippen molar-refractivity contribution in [3.8, 4) is 44.9 Å². The Morgan fingerprint density at radius 1 is 0.516 bits per heavy atom. The summed E-state index contributed by atoms with van der Waals surface area (Å²) in [5.41, 5.74) is 19.4. The quantitative estimate of drug-likeness (QED) is 0.122. The van der Waals surface area contributed by atoms with Crippen LogP contribution in [0.2, 0.25) is 0 Å². The maximum atomic E-state index is 6.73. The van der Waals surface area contributed by atoms with Crippen molar-refractivity contribution in [2.75, 3.05) is 0 Å². The van der Waals surface area contributed by atoms with Gasteiger partial charge in [-0.2, -0.15) is 0 Å². The first-order chi connectivity index (χ1) is 30.6. The topological polar surface area (TPSA) is 89.7 Å². The summed E-state index contributed by atoms with van der Waals surface area (Å²) in [6.45, 7) is 0.380. The normalized spacial score (nSPS) is 12.2. The van der Waals surface area contributed by atoms with E-state index in [2.05, 4.69) is 121 Å². The predicted octanol–water partition coefficient (Wildman–Crippen LogP) is 13.8. The summed E-state index contributed by atoms with van der Waals surface area (Å²) in [6, 6.07) is 68.3. The van der Waals surface area contributed by atoms with Crippen LogP contribution in [0, 0.1) is 0 Å². The van der Waals surface area contributed by atoms with Crippen LogP contribution in [0.5, 0.6) is 0 Å². The first-order valence-electron chi connectivity index (χ1n) is 20.5. The molecule has 0 radical (unpaired) electrons. The van der Waals surface area contributed by atoms with Crippen molar-refractivity contribution in [3.63, 3.8) is 0 Å². The van der Waals surface area contributed by atoms with Crippen molar-refractivity contribution >= 4 is 65.2 Å². The number of thiophene rings is 1. The van der Waals surface area contributed by atoms with Gasteiger partial charge in [-0.1, -0.05) is 170 Å². The van der Waals surface area contributed by atoms with Crippen molar-refractivity contribution in [1.82, 2.24) is 9.97 Å². The number of aliphatic imine (C=N–C) groups is 2. The Hall–Kier alpha value is -8.00. The van der Waals surface area contributed by atoms with Gasteiger partial charge >= 0.3 is 0 Å². The van der Waals surface area contributed by atoms with E-state index in [-0.39, 0.29) is 0 Å². The molecule has 3 aromatic heterocycles. The Morgan fingerprint density at radius 2 is 1.15 bits per heavy atom. The number of benzene rings is 8. The second-order valence-electron chi connectivity index (χ2n) is 15.2.